The highest BCUT2D eigenvalue weighted by Gasteiger charge is 2.15. The van der Waals surface area contributed by atoms with Crippen LogP contribution < -0.4 is 23.7 Å². The first-order valence-corrected chi connectivity index (χ1v) is 38.4. The summed E-state index contributed by atoms with van der Waals surface area (Å²) in [5, 5.41) is 2.41. The van der Waals surface area contributed by atoms with E-state index in [0.717, 1.165) is 146 Å². The van der Waals surface area contributed by atoms with Gasteiger partial charge < -0.3 is 33.7 Å². The van der Waals surface area contributed by atoms with Gasteiger partial charge in [-0.05, 0) is 314 Å². The number of benzene rings is 12. The quantitative estimate of drug-likeness (QED) is 0.0744. The molecule has 12 aromatic carbocycles. The number of nitrogens with zero attached hydrogens (tertiary/aromatic N) is 8. The highest BCUT2D eigenvalue weighted by molar-refractivity contribution is 5.95. The van der Waals surface area contributed by atoms with Gasteiger partial charge in [0, 0.05) is 57.1 Å². The minimum Gasteiger partial charge on any atom is -0.491 e. The molecule has 0 radical (unpaired) electrons. The number of aromatic amines is 2. The van der Waals surface area contributed by atoms with Gasteiger partial charge in [0.25, 0.3) is 0 Å². The summed E-state index contributed by atoms with van der Waals surface area (Å²) in [5.74, 6) is 4.46. The van der Waals surface area contributed by atoms with E-state index in [1.807, 2.05) is 210 Å². The molecule has 0 aliphatic heterocycles. The van der Waals surface area contributed by atoms with Gasteiger partial charge in [-0.25, -0.2) is 19.9 Å². The van der Waals surface area contributed by atoms with Gasteiger partial charge in [-0.3, -0.25) is 23.1 Å². The van der Waals surface area contributed by atoms with Crippen LogP contribution in [0.5, 0.6) is 28.7 Å². The van der Waals surface area contributed by atoms with E-state index in [1.54, 1.807) is 6.92 Å². The standard InChI is InChI=1S/C25H26N2O2.2C24H21N3O.C24H22N2O2/c1-17(2)28-22-10-5-19(6-11-22)20-7-14-24-25(15-20)27(16-26-24)21-8-12-23(13-9-21)29-18(3)4;1-16(2)28-21-7-5-20(6-8-21)27-15-26-23-10-4-18(14-24(23)27)17-3-9-22-19(13-17)11-12-25-22;1-16(2)28-21-7-3-17(4-8-21)18-5-9-23-24(14-18)27(15-26-23)20-6-10-22-19(13-20)11-12-25-22;1-16(2)28-22-11-9-21(10-12-22)26-15-25-23-13-8-20(14-24(23)26)19-6-4-18(5-7-19)17(3)27/h5-18H,1-4H3;2*3-16,25H,1-2H3;4-16H,1-3H3. The molecule has 0 saturated heterocycles. The Kier molecular flexibility index (Phi) is 22.0. The lowest BCUT2D eigenvalue weighted by atomic mass is 10.0. The maximum Gasteiger partial charge on any atom is 0.159 e. The number of hydrogen-bond acceptors (Lipinski definition) is 10. The zero-order valence-corrected chi connectivity index (χ0v) is 65.3. The minimum absolute atomic E-state index is 0.0740. The van der Waals surface area contributed by atoms with Crippen molar-refractivity contribution in [2.45, 2.75) is 107 Å². The van der Waals surface area contributed by atoms with E-state index < -0.39 is 0 Å². The van der Waals surface area contributed by atoms with Crippen LogP contribution in [0.15, 0.2) is 305 Å². The van der Waals surface area contributed by atoms with Crippen molar-refractivity contribution in [2.24, 2.45) is 0 Å². The first-order valence-electron chi connectivity index (χ1n) is 38.4. The van der Waals surface area contributed by atoms with Crippen molar-refractivity contribution in [3.05, 3.63) is 310 Å². The molecule has 16 heteroatoms. The molecule has 0 spiro atoms. The Balaban J connectivity index is 0.000000119. The minimum atomic E-state index is 0.0740. The van der Waals surface area contributed by atoms with E-state index >= 15 is 0 Å². The lowest BCUT2D eigenvalue weighted by Crippen LogP contribution is -2.05. The van der Waals surface area contributed by atoms with Crippen LogP contribution in [-0.2, 0) is 0 Å². The summed E-state index contributed by atoms with van der Waals surface area (Å²) in [6.45, 7) is 21.9. The van der Waals surface area contributed by atoms with Gasteiger partial charge in [-0.1, -0.05) is 78.9 Å². The predicted octanol–water partition coefficient (Wildman–Crippen LogP) is 23.9. The Bertz CT molecular complexity index is 6280. The van der Waals surface area contributed by atoms with Crippen LogP contribution in [0.2, 0.25) is 0 Å². The second-order valence-electron chi connectivity index (χ2n) is 29.3. The van der Waals surface area contributed by atoms with E-state index in [4.69, 9.17) is 23.7 Å². The number of carbonyl (C=O) groups is 1. The van der Waals surface area contributed by atoms with Crippen LogP contribution in [0, 0.1) is 0 Å². The molecular formula is C97H90N10O6. The summed E-state index contributed by atoms with van der Waals surface area (Å²) >= 11 is 0. The SMILES string of the molecule is CC(=O)c1ccc(-c2ccc3ncn(-c4ccc(OC(C)C)cc4)c3c2)cc1.CC(C)Oc1ccc(-c2ccc3ncn(-c4ccc(OC(C)C)cc4)c3c2)cc1.CC(C)Oc1ccc(-c2ccc3ncn(-c4ccc5[nH]ccc5c4)c3c2)cc1.CC(C)Oc1ccc(-n2cnc3ccc(-c4ccc5[nH]ccc5c4)cc32)cc1. The number of imidazole rings is 4. The Morgan fingerprint density at radius 1 is 0.274 bits per heavy atom. The normalized spacial score (nSPS) is 11.4. The van der Waals surface area contributed by atoms with Crippen LogP contribution in [-0.4, -0.2) is 84.5 Å². The molecule has 16 nitrogen and oxygen atoms in total. The van der Waals surface area contributed by atoms with E-state index in [2.05, 4.69) is 212 Å². The molecule has 6 heterocycles. The zero-order valence-electron chi connectivity index (χ0n) is 65.3. The first-order chi connectivity index (χ1) is 54.8. The average Bonchev–Trinajstić information content (AvgIpc) is 1.64. The van der Waals surface area contributed by atoms with Crippen molar-refractivity contribution in [3.8, 4) is 96.0 Å². The summed E-state index contributed by atoms with van der Waals surface area (Å²) in [4.78, 5) is 36.2. The zero-order chi connectivity index (χ0) is 78.2. The molecule has 18 aromatic rings. The molecule has 564 valence electrons. The molecule has 0 atom stereocenters. The third kappa shape index (κ3) is 17.5. The van der Waals surface area contributed by atoms with Crippen molar-refractivity contribution in [1.29, 1.82) is 0 Å². The molecule has 0 fully saturated rings. The molecule has 0 saturated carbocycles. The van der Waals surface area contributed by atoms with E-state index in [-0.39, 0.29) is 36.3 Å². The first kappa shape index (κ1) is 74.7. The number of ether oxygens (including phenoxy) is 5. The van der Waals surface area contributed by atoms with Crippen LogP contribution in [0.4, 0.5) is 0 Å². The fourth-order valence-corrected chi connectivity index (χ4v) is 13.8. The van der Waals surface area contributed by atoms with Crippen LogP contribution in [0.1, 0.15) is 86.5 Å². The molecule has 0 bridgehead atoms. The molecule has 18 rings (SSSR count). The fraction of sp³-hybridized carbons (Fsp3) is 0.165. The highest BCUT2D eigenvalue weighted by atomic mass is 16.5. The van der Waals surface area contributed by atoms with Gasteiger partial charge >= 0.3 is 0 Å². The molecule has 6 aromatic heterocycles. The molecule has 0 aliphatic carbocycles. The number of Topliss-reactive ketones (excluding diaryl/α,β-unsaturated/α-hetero) is 1. The van der Waals surface area contributed by atoms with Gasteiger partial charge in [0.15, 0.2) is 5.78 Å². The van der Waals surface area contributed by atoms with E-state index in [1.165, 1.54) is 21.9 Å². The van der Waals surface area contributed by atoms with Gasteiger partial charge in [-0.15, -0.1) is 0 Å². The lowest BCUT2D eigenvalue weighted by molar-refractivity contribution is 0.101. The number of hydrogen-bond donors (Lipinski definition) is 2. The average molecular weight is 1490 g/mol. The number of aromatic nitrogens is 10. The molecule has 113 heavy (non-hydrogen) atoms. The van der Waals surface area contributed by atoms with Crippen LogP contribution >= 0.6 is 0 Å². The third-order valence-corrected chi connectivity index (χ3v) is 19.1. The summed E-state index contributed by atoms with van der Waals surface area (Å²) in [6, 6.07) is 90.9. The second-order valence-corrected chi connectivity index (χ2v) is 29.3. The van der Waals surface area contributed by atoms with Crippen molar-refractivity contribution in [3.63, 3.8) is 0 Å². The summed E-state index contributed by atoms with van der Waals surface area (Å²) in [7, 11) is 0. The van der Waals surface area contributed by atoms with Gasteiger partial charge in [-0.2, -0.15) is 0 Å². The number of rotatable bonds is 19. The molecular weight excluding hydrogens is 1400 g/mol. The Morgan fingerprint density at radius 2 is 0.522 bits per heavy atom. The number of ketones is 1. The number of H-pyrrole nitrogens is 2. The third-order valence-electron chi connectivity index (χ3n) is 19.1. The Hall–Kier alpha value is -13.7. The number of nitrogens with one attached hydrogen (secondary N) is 2. The summed E-state index contributed by atoms with van der Waals surface area (Å²) < 4.78 is 37.2. The number of carbonyl (C=O) groups excluding carboxylic acids is 1. The predicted molar refractivity (Wildman–Crippen MR) is 459 cm³/mol. The van der Waals surface area contributed by atoms with Crippen molar-refractivity contribution < 1.29 is 28.5 Å². The molecule has 0 unspecified atom stereocenters. The van der Waals surface area contributed by atoms with Crippen LogP contribution in [0.25, 0.3) is 133 Å². The van der Waals surface area contributed by atoms with E-state index in [0.29, 0.717) is 0 Å². The second kappa shape index (κ2) is 33.2. The smallest absolute Gasteiger partial charge is 0.159 e. The monoisotopic (exact) mass is 1490 g/mol. The molecule has 0 aliphatic rings. The van der Waals surface area contributed by atoms with Crippen molar-refractivity contribution >= 4 is 71.7 Å². The van der Waals surface area contributed by atoms with Crippen molar-refractivity contribution in [2.75, 3.05) is 0 Å². The highest BCUT2D eigenvalue weighted by Crippen LogP contribution is 2.35. The maximum absolute atomic E-state index is 11.5. The fourth-order valence-electron chi connectivity index (χ4n) is 13.8. The Morgan fingerprint density at radius 3 is 0.841 bits per heavy atom. The molecule has 2 N–H and O–H groups in total. The summed E-state index contributed by atoms with van der Waals surface area (Å²) in [5.41, 5.74) is 24.6. The van der Waals surface area contributed by atoms with Gasteiger partial charge in [0.05, 0.1) is 74.7 Å². The van der Waals surface area contributed by atoms with Crippen LogP contribution in [0.3, 0.4) is 0 Å². The van der Waals surface area contributed by atoms with E-state index in [9.17, 15) is 4.79 Å². The Labute approximate surface area is 657 Å². The lowest BCUT2D eigenvalue weighted by Gasteiger charge is -2.11. The maximum atomic E-state index is 11.5. The van der Waals surface area contributed by atoms with Gasteiger partial charge in [0.1, 0.15) is 54.1 Å². The molecule has 0 amide bonds. The van der Waals surface area contributed by atoms with Crippen molar-refractivity contribution in [1.82, 2.24) is 48.2 Å². The van der Waals surface area contributed by atoms with Gasteiger partial charge in [0.2, 0.25) is 0 Å². The number of fused-ring (bicyclic) bond motifs is 6. The topological polar surface area (TPSA) is 166 Å². The largest absolute Gasteiger partial charge is 0.491 e. The summed E-state index contributed by atoms with van der Waals surface area (Å²) in [6.07, 6.45) is 12.2.